The molecule has 1 saturated heterocycles. The number of aromatic nitrogens is 2. The number of imidazole rings is 1. The smallest absolute Gasteiger partial charge is 0.243 e. The van der Waals surface area contributed by atoms with Crippen LogP contribution in [-0.4, -0.2) is 47.6 Å². The number of H-pyrrole nitrogens is 1. The quantitative estimate of drug-likeness (QED) is 0.519. The molecule has 1 fully saturated rings. The minimum absolute atomic E-state index is 0.190. The third-order valence-corrected chi connectivity index (χ3v) is 8.53. The van der Waals surface area contributed by atoms with Crippen molar-refractivity contribution in [2.24, 2.45) is 5.41 Å². The topological polar surface area (TPSA) is 95.2 Å². The first-order valence-corrected chi connectivity index (χ1v) is 12.6. The Balaban J connectivity index is 1.41. The van der Waals surface area contributed by atoms with Crippen LogP contribution in [0.3, 0.4) is 0 Å². The molecule has 1 aliphatic heterocycles. The SMILES string of the molecule is CC(C)(CCl)C(=O)Nc1ccc(S(=O)(=O)N2CCC(c3nc4ccccc4[nH]3)CC2)cc1. The van der Waals surface area contributed by atoms with Crippen molar-refractivity contribution in [3.05, 3.63) is 54.4 Å². The lowest BCUT2D eigenvalue weighted by Crippen LogP contribution is -2.38. The number of hydrogen-bond acceptors (Lipinski definition) is 4. The lowest BCUT2D eigenvalue weighted by molar-refractivity contribution is -0.122. The number of carbonyl (C=O) groups excluding carboxylic acids is 1. The predicted octanol–water partition coefficient (Wildman–Crippen LogP) is 4.33. The molecule has 0 bridgehead atoms. The Bertz CT molecular complexity index is 1180. The van der Waals surface area contributed by atoms with Gasteiger partial charge in [0.15, 0.2) is 0 Å². The van der Waals surface area contributed by atoms with Gasteiger partial charge in [-0.05, 0) is 63.1 Å². The summed E-state index contributed by atoms with van der Waals surface area (Å²) in [4.78, 5) is 20.5. The number of alkyl halides is 1. The number of hydrogen-bond donors (Lipinski definition) is 2. The maximum absolute atomic E-state index is 13.1. The summed E-state index contributed by atoms with van der Waals surface area (Å²) in [6, 6.07) is 14.2. The van der Waals surface area contributed by atoms with Crippen LogP contribution in [-0.2, 0) is 14.8 Å². The van der Waals surface area contributed by atoms with Crippen molar-refractivity contribution < 1.29 is 13.2 Å². The van der Waals surface area contributed by atoms with E-state index in [1.54, 1.807) is 26.0 Å². The molecule has 0 aliphatic carbocycles. The van der Waals surface area contributed by atoms with Crippen molar-refractivity contribution in [3.8, 4) is 0 Å². The number of sulfonamides is 1. The molecule has 2 aromatic carbocycles. The molecule has 1 aliphatic rings. The van der Waals surface area contributed by atoms with Crippen LogP contribution in [0.25, 0.3) is 11.0 Å². The average Bonchev–Trinajstić information content (AvgIpc) is 3.24. The second-order valence-corrected chi connectivity index (χ2v) is 11.0. The second kappa shape index (κ2) is 8.84. The summed E-state index contributed by atoms with van der Waals surface area (Å²) in [7, 11) is -3.60. The summed E-state index contributed by atoms with van der Waals surface area (Å²) in [6.45, 7) is 4.38. The van der Waals surface area contributed by atoms with Crippen LogP contribution in [0.5, 0.6) is 0 Å². The molecule has 1 amide bonds. The van der Waals surface area contributed by atoms with E-state index in [1.807, 2.05) is 24.3 Å². The number of amides is 1. The molecule has 170 valence electrons. The van der Waals surface area contributed by atoms with Crippen LogP contribution in [0.4, 0.5) is 5.69 Å². The van der Waals surface area contributed by atoms with E-state index in [4.69, 9.17) is 11.6 Å². The van der Waals surface area contributed by atoms with Crippen molar-refractivity contribution in [1.82, 2.24) is 14.3 Å². The van der Waals surface area contributed by atoms with Gasteiger partial charge in [0.25, 0.3) is 0 Å². The Labute approximate surface area is 193 Å². The Morgan fingerprint density at radius 1 is 1.16 bits per heavy atom. The molecule has 0 saturated carbocycles. The largest absolute Gasteiger partial charge is 0.342 e. The summed E-state index contributed by atoms with van der Waals surface area (Å²) in [6.07, 6.45) is 1.42. The van der Waals surface area contributed by atoms with Crippen LogP contribution in [0.15, 0.2) is 53.4 Å². The molecule has 0 spiro atoms. The van der Waals surface area contributed by atoms with Crippen molar-refractivity contribution in [2.75, 3.05) is 24.3 Å². The first kappa shape index (κ1) is 22.8. The zero-order valence-corrected chi connectivity index (χ0v) is 19.7. The van der Waals surface area contributed by atoms with Crippen LogP contribution < -0.4 is 5.32 Å². The van der Waals surface area contributed by atoms with Gasteiger partial charge in [0.05, 0.1) is 21.3 Å². The van der Waals surface area contributed by atoms with E-state index in [1.165, 1.54) is 16.4 Å². The highest BCUT2D eigenvalue weighted by molar-refractivity contribution is 7.89. The molecule has 32 heavy (non-hydrogen) atoms. The number of halogens is 1. The number of aromatic amines is 1. The van der Waals surface area contributed by atoms with Crippen molar-refractivity contribution in [2.45, 2.75) is 37.5 Å². The van der Waals surface area contributed by atoms with Crippen molar-refractivity contribution >= 4 is 44.3 Å². The molecule has 2 heterocycles. The van der Waals surface area contributed by atoms with Gasteiger partial charge in [-0.3, -0.25) is 4.79 Å². The highest BCUT2D eigenvalue weighted by Crippen LogP contribution is 2.31. The van der Waals surface area contributed by atoms with E-state index in [9.17, 15) is 13.2 Å². The molecule has 9 heteroatoms. The van der Waals surface area contributed by atoms with E-state index in [0.717, 1.165) is 16.9 Å². The van der Waals surface area contributed by atoms with Gasteiger partial charge in [-0.1, -0.05) is 12.1 Å². The monoisotopic (exact) mass is 474 g/mol. The number of carbonyl (C=O) groups is 1. The minimum Gasteiger partial charge on any atom is -0.342 e. The number of fused-ring (bicyclic) bond motifs is 1. The summed E-state index contributed by atoms with van der Waals surface area (Å²) < 4.78 is 27.7. The van der Waals surface area contributed by atoms with Gasteiger partial charge in [0.1, 0.15) is 5.82 Å². The molecule has 3 aromatic rings. The fourth-order valence-corrected chi connectivity index (χ4v) is 5.35. The fourth-order valence-electron chi connectivity index (χ4n) is 3.76. The Morgan fingerprint density at radius 2 is 1.81 bits per heavy atom. The van der Waals surface area contributed by atoms with Gasteiger partial charge in [-0.25, -0.2) is 13.4 Å². The normalized spacial score (nSPS) is 16.3. The summed E-state index contributed by atoms with van der Waals surface area (Å²) in [5.74, 6) is 1.10. The van der Waals surface area contributed by atoms with Crippen molar-refractivity contribution in [1.29, 1.82) is 0 Å². The lowest BCUT2D eigenvalue weighted by atomic mass is 9.95. The van der Waals surface area contributed by atoms with Gasteiger partial charge >= 0.3 is 0 Å². The first-order valence-electron chi connectivity index (χ1n) is 10.6. The maximum atomic E-state index is 13.1. The Kier molecular flexibility index (Phi) is 6.29. The standard InChI is InChI=1S/C23H27ClN4O3S/c1-23(2,15-24)22(29)25-17-7-9-18(10-8-17)32(30,31)28-13-11-16(12-14-28)21-26-19-5-3-4-6-20(19)27-21/h3-10,16H,11-15H2,1-2H3,(H,25,29)(H,26,27). The van der Waals surface area contributed by atoms with Gasteiger partial charge < -0.3 is 10.3 Å². The molecule has 0 unspecified atom stereocenters. The van der Waals surface area contributed by atoms with Gasteiger partial charge in [0, 0.05) is 30.6 Å². The highest BCUT2D eigenvalue weighted by Gasteiger charge is 2.31. The molecule has 0 atom stereocenters. The zero-order valence-electron chi connectivity index (χ0n) is 18.1. The fraction of sp³-hybridized carbons (Fsp3) is 0.391. The maximum Gasteiger partial charge on any atom is 0.243 e. The van der Waals surface area contributed by atoms with E-state index in [-0.39, 0.29) is 22.6 Å². The molecular weight excluding hydrogens is 448 g/mol. The number of rotatable bonds is 6. The van der Waals surface area contributed by atoms with E-state index >= 15 is 0 Å². The van der Waals surface area contributed by atoms with Crippen LogP contribution in [0.1, 0.15) is 38.4 Å². The third kappa shape index (κ3) is 4.53. The molecule has 0 radical (unpaired) electrons. The van der Waals surface area contributed by atoms with Gasteiger partial charge in [0.2, 0.25) is 15.9 Å². The molecule has 7 nitrogen and oxygen atoms in total. The first-order chi connectivity index (χ1) is 15.2. The Hall–Kier alpha value is -2.42. The van der Waals surface area contributed by atoms with E-state index in [2.05, 4.69) is 15.3 Å². The number of anilines is 1. The van der Waals surface area contributed by atoms with Crippen LogP contribution >= 0.6 is 11.6 Å². The predicted molar refractivity (Wildman–Crippen MR) is 126 cm³/mol. The van der Waals surface area contributed by atoms with E-state index in [0.29, 0.717) is 31.6 Å². The molecule has 2 N–H and O–H groups in total. The van der Waals surface area contributed by atoms with Crippen LogP contribution in [0, 0.1) is 5.41 Å². The van der Waals surface area contributed by atoms with Crippen molar-refractivity contribution in [3.63, 3.8) is 0 Å². The molecular formula is C23H27ClN4O3S. The molecule has 4 rings (SSSR count). The summed E-state index contributed by atoms with van der Waals surface area (Å²) >= 11 is 5.84. The molecule has 1 aromatic heterocycles. The number of piperidine rings is 1. The number of benzene rings is 2. The van der Waals surface area contributed by atoms with Crippen LogP contribution in [0.2, 0.25) is 0 Å². The number of para-hydroxylation sites is 2. The number of nitrogens with zero attached hydrogens (tertiary/aromatic N) is 2. The third-order valence-electron chi connectivity index (χ3n) is 5.95. The van der Waals surface area contributed by atoms with E-state index < -0.39 is 15.4 Å². The summed E-state index contributed by atoms with van der Waals surface area (Å²) in [5, 5.41) is 2.78. The highest BCUT2D eigenvalue weighted by atomic mass is 35.5. The summed E-state index contributed by atoms with van der Waals surface area (Å²) in [5.41, 5.74) is 1.75. The zero-order chi connectivity index (χ0) is 22.9. The minimum atomic E-state index is -3.60. The number of nitrogens with one attached hydrogen (secondary N) is 2. The lowest BCUT2D eigenvalue weighted by Gasteiger charge is -2.30. The Morgan fingerprint density at radius 3 is 2.44 bits per heavy atom. The van der Waals surface area contributed by atoms with Gasteiger partial charge in [-0.2, -0.15) is 4.31 Å². The second-order valence-electron chi connectivity index (χ2n) is 8.81. The average molecular weight is 475 g/mol. The van der Waals surface area contributed by atoms with Gasteiger partial charge in [-0.15, -0.1) is 11.6 Å².